The monoisotopic (exact) mass is 383 g/mol. The molecule has 122 valence electrons. The fourth-order valence-corrected chi connectivity index (χ4v) is 3.03. The summed E-state index contributed by atoms with van der Waals surface area (Å²) < 4.78 is 21.1. The van der Waals surface area contributed by atoms with Gasteiger partial charge in [0.2, 0.25) is 5.76 Å². The molecule has 0 saturated carbocycles. The van der Waals surface area contributed by atoms with E-state index in [1.54, 1.807) is 0 Å². The molecule has 0 fully saturated rings. The minimum absolute atomic E-state index is 0.0118. The number of fused-ring (bicyclic) bond motifs is 1. The Kier molecular flexibility index (Phi) is 4.46. The van der Waals surface area contributed by atoms with Crippen molar-refractivity contribution in [3.63, 3.8) is 0 Å². The molecule has 2 aromatic rings. The molecule has 0 saturated heterocycles. The van der Waals surface area contributed by atoms with E-state index in [0.717, 1.165) is 36.8 Å². The molecule has 9 heteroatoms. The molecule has 0 amide bonds. The lowest BCUT2D eigenvalue weighted by molar-refractivity contribution is 0.0679. The zero-order valence-corrected chi connectivity index (χ0v) is 14.2. The average Bonchev–Trinajstić information content (AvgIpc) is 2.92. The van der Waals surface area contributed by atoms with Gasteiger partial charge in [-0.15, -0.1) is 15.0 Å². The lowest BCUT2D eigenvalue weighted by Crippen LogP contribution is -2.14. The lowest BCUT2D eigenvalue weighted by atomic mass is 9.94. The molecule has 0 bridgehead atoms. The van der Waals surface area contributed by atoms with Gasteiger partial charge < -0.3 is 18.6 Å². The average molecular weight is 384 g/mol. The van der Waals surface area contributed by atoms with Crippen LogP contribution in [0.15, 0.2) is 9.09 Å². The Labute approximate surface area is 140 Å². The van der Waals surface area contributed by atoms with Crippen molar-refractivity contribution in [2.75, 3.05) is 14.2 Å². The van der Waals surface area contributed by atoms with Crippen LogP contribution in [0.2, 0.25) is 0 Å². The highest BCUT2D eigenvalue weighted by molar-refractivity contribution is 9.10. The smallest absolute Gasteiger partial charge is 0.382 e. The Bertz CT molecular complexity index is 724. The Balaban J connectivity index is 1.88. The summed E-state index contributed by atoms with van der Waals surface area (Å²) in [6.07, 6.45) is 3.73. The van der Waals surface area contributed by atoms with Gasteiger partial charge in [-0.25, -0.2) is 4.79 Å². The van der Waals surface area contributed by atoms with Crippen LogP contribution in [-0.4, -0.2) is 35.1 Å². The van der Waals surface area contributed by atoms with Crippen molar-refractivity contribution < 1.29 is 23.4 Å². The largest absolute Gasteiger partial charge is 0.467 e. The molecule has 0 unspecified atom stereocenters. The fraction of sp³-hybridized carbons (Fsp3) is 0.429. The quantitative estimate of drug-likeness (QED) is 0.742. The van der Waals surface area contributed by atoms with Crippen LogP contribution in [0.4, 0.5) is 0 Å². The van der Waals surface area contributed by atoms with Crippen molar-refractivity contribution in [2.45, 2.75) is 25.7 Å². The van der Waals surface area contributed by atoms with Gasteiger partial charge in [0.25, 0.3) is 0 Å². The number of nitrogens with zero attached hydrogens (tertiary/aromatic N) is 3. The van der Waals surface area contributed by atoms with Gasteiger partial charge in [-0.2, -0.15) is 0 Å². The van der Waals surface area contributed by atoms with Gasteiger partial charge in [0.15, 0.2) is 4.67 Å². The van der Waals surface area contributed by atoms with E-state index in [1.165, 1.54) is 14.2 Å². The first-order valence-corrected chi connectivity index (χ1v) is 7.78. The van der Waals surface area contributed by atoms with Crippen molar-refractivity contribution in [3.8, 4) is 18.0 Å². The highest BCUT2D eigenvalue weighted by Gasteiger charge is 2.28. The number of ether oxygens (including phenoxy) is 3. The van der Waals surface area contributed by atoms with Crippen molar-refractivity contribution in [1.82, 2.24) is 15.0 Å². The zero-order chi connectivity index (χ0) is 16.4. The lowest BCUT2D eigenvalue weighted by Gasteiger charge is -2.10. The maximum absolute atomic E-state index is 12.4. The molecule has 0 N–H and O–H groups in total. The number of carbonyl (C=O) groups is 1. The SMILES string of the molecule is COc1nc(OC)nc(OC(=O)c2oc(Br)c3c2CCCC3)n1. The number of furan rings is 1. The predicted molar refractivity (Wildman–Crippen MR) is 80.9 cm³/mol. The van der Waals surface area contributed by atoms with Crippen molar-refractivity contribution in [2.24, 2.45) is 0 Å². The number of methoxy groups -OCH3 is 2. The predicted octanol–water partition coefficient (Wildman–Crippen LogP) is 2.34. The molecule has 1 aliphatic carbocycles. The van der Waals surface area contributed by atoms with Crippen molar-refractivity contribution in [1.29, 1.82) is 0 Å². The summed E-state index contributed by atoms with van der Waals surface area (Å²) in [6, 6.07) is -0.236. The van der Waals surface area contributed by atoms with Gasteiger partial charge in [-0.1, -0.05) is 0 Å². The first-order valence-electron chi connectivity index (χ1n) is 6.98. The van der Waals surface area contributed by atoms with E-state index in [4.69, 9.17) is 18.6 Å². The Hall–Kier alpha value is -2.16. The van der Waals surface area contributed by atoms with Gasteiger partial charge in [0, 0.05) is 11.1 Å². The van der Waals surface area contributed by atoms with E-state index in [9.17, 15) is 4.79 Å². The molecule has 0 atom stereocenters. The Morgan fingerprint density at radius 1 is 1.00 bits per heavy atom. The normalized spacial score (nSPS) is 13.3. The summed E-state index contributed by atoms with van der Waals surface area (Å²) in [5.74, 6) is -0.492. The van der Waals surface area contributed by atoms with Gasteiger partial charge >= 0.3 is 24.0 Å². The summed E-state index contributed by atoms with van der Waals surface area (Å²) in [4.78, 5) is 23.9. The number of carbonyl (C=O) groups excluding carboxylic acids is 1. The van der Waals surface area contributed by atoms with E-state index in [0.29, 0.717) is 4.67 Å². The molecule has 3 rings (SSSR count). The molecule has 8 nitrogen and oxygen atoms in total. The maximum atomic E-state index is 12.4. The highest BCUT2D eigenvalue weighted by atomic mass is 79.9. The van der Waals surface area contributed by atoms with Gasteiger partial charge in [-0.05, 0) is 41.6 Å². The van der Waals surface area contributed by atoms with E-state index in [1.807, 2.05) is 0 Å². The van der Waals surface area contributed by atoms with Crippen LogP contribution in [0, 0.1) is 0 Å². The Morgan fingerprint density at radius 2 is 1.57 bits per heavy atom. The highest BCUT2D eigenvalue weighted by Crippen LogP contribution is 2.34. The summed E-state index contributed by atoms with van der Waals surface area (Å²) in [7, 11) is 2.78. The summed E-state index contributed by atoms with van der Waals surface area (Å²) >= 11 is 3.35. The second-order valence-corrected chi connectivity index (χ2v) is 5.57. The number of hydrogen-bond donors (Lipinski definition) is 0. The number of aromatic nitrogens is 3. The molecular formula is C14H14BrN3O5. The minimum Gasteiger partial charge on any atom is -0.467 e. The molecule has 2 heterocycles. The zero-order valence-electron chi connectivity index (χ0n) is 12.6. The molecule has 0 radical (unpaired) electrons. The number of hydrogen-bond acceptors (Lipinski definition) is 8. The third kappa shape index (κ3) is 3.14. The van der Waals surface area contributed by atoms with Crippen LogP contribution >= 0.6 is 15.9 Å². The molecule has 0 aromatic carbocycles. The van der Waals surface area contributed by atoms with Crippen molar-refractivity contribution in [3.05, 3.63) is 21.6 Å². The molecule has 2 aromatic heterocycles. The van der Waals surface area contributed by atoms with E-state index < -0.39 is 5.97 Å². The van der Waals surface area contributed by atoms with Gasteiger partial charge in [0.05, 0.1) is 14.2 Å². The summed E-state index contributed by atoms with van der Waals surface area (Å²) in [6.45, 7) is 0. The van der Waals surface area contributed by atoms with Crippen LogP contribution in [0.5, 0.6) is 18.0 Å². The minimum atomic E-state index is -0.663. The summed E-state index contributed by atoms with van der Waals surface area (Å²) in [5.41, 5.74) is 1.90. The van der Waals surface area contributed by atoms with Crippen LogP contribution in [0.25, 0.3) is 0 Å². The number of esters is 1. The van der Waals surface area contributed by atoms with Crippen LogP contribution in [0.1, 0.15) is 34.5 Å². The number of halogens is 1. The fourth-order valence-electron chi connectivity index (χ4n) is 2.43. The molecular weight excluding hydrogens is 370 g/mol. The van der Waals surface area contributed by atoms with E-state index in [2.05, 4.69) is 30.9 Å². The topological polar surface area (TPSA) is 96.6 Å². The second-order valence-electron chi connectivity index (χ2n) is 4.85. The summed E-state index contributed by atoms with van der Waals surface area (Å²) in [5, 5.41) is 0. The first-order chi connectivity index (χ1) is 11.1. The third-order valence-corrected chi connectivity index (χ3v) is 4.12. The van der Waals surface area contributed by atoms with E-state index in [-0.39, 0.29) is 23.8 Å². The van der Waals surface area contributed by atoms with Crippen LogP contribution < -0.4 is 14.2 Å². The third-order valence-electron chi connectivity index (χ3n) is 3.48. The molecule has 23 heavy (non-hydrogen) atoms. The second kappa shape index (κ2) is 6.53. The van der Waals surface area contributed by atoms with Crippen LogP contribution in [0.3, 0.4) is 0 Å². The van der Waals surface area contributed by atoms with Gasteiger partial charge in [-0.3, -0.25) is 0 Å². The Morgan fingerprint density at radius 3 is 2.17 bits per heavy atom. The first kappa shape index (κ1) is 15.7. The molecule has 0 spiro atoms. The van der Waals surface area contributed by atoms with Crippen molar-refractivity contribution >= 4 is 21.9 Å². The van der Waals surface area contributed by atoms with Gasteiger partial charge in [0.1, 0.15) is 0 Å². The molecule has 0 aliphatic heterocycles. The number of rotatable bonds is 4. The standard InChI is InChI=1S/C14H14BrN3O5/c1-20-12-16-13(21-2)18-14(17-12)23-11(19)9-7-5-3-4-6-8(7)10(15)22-9/h3-6H2,1-2H3. The van der Waals surface area contributed by atoms with Crippen LogP contribution in [-0.2, 0) is 12.8 Å². The molecule has 1 aliphatic rings. The maximum Gasteiger partial charge on any atom is 0.382 e. The van der Waals surface area contributed by atoms with E-state index >= 15 is 0 Å².